The number of nitrogen functional groups attached to an aromatic ring is 1. The van der Waals surface area contributed by atoms with Gasteiger partial charge in [0, 0.05) is 30.7 Å². The molecule has 3 unspecified atom stereocenters. The number of anilines is 1. The number of imidazole rings is 1. The van der Waals surface area contributed by atoms with E-state index in [1.54, 1.807) is 13.0 Å². The van der Waals surface area contributed by atoms with Gasteiger partial charge < -0.3 is 69.0 Å². The van der Waals surface area contributed by atoms with Crippen LogP contribution in [-0.2, 0) is 50.7 Å². The van der Waals surface area contributed by atoms with Crippen molar-refractivity contribution in [1.82, 2.24) is 30.2 Å². The molecular formula is C25H36N7Na4O17P3S. The SMILES string of the molecule is C/C=C/C(=O)SCCNC(=O)CCNC(=O)[C@H](O)C(C)(C)COP(=O)([O-])OP(=O)([O-])OC[C@H]1O[C@@H](n2cnc3c(N)ncnc32)C(O)[C@H]1OP(=O)([O-])[O-].[Na+].[Na+].[Na+].[Na+]. The fraction of sp³-hybridized carbons (Fsp3) is 0.600. The van der Waals surface area contributed by atoms with Crippen molar-refractivity contribution in [3.8, 4) is 0 Å². The van der Waals surface area contributed by atoms with Crippen LogP contribution in [0.15, 0.2) is 24.8 Å². The van der Waals surface area contributed by atoms with Gasteiger partial charge in [0.15, 0.2) is 17.7 Å². The van der Waals surface area contributed by atoms with E-state index in [0.717, 1.165) is 29.0 Å². The molecule has 0 radical (unpaired) electrons. The summed E-state index contributed by atoms with van der Waals surface area (Å²) in [4.78, 5) is 95.1. The van der Waals surface area contributed by atoms with E-state index in [9.17, 15) is 57.9 Å². The first-order valence-electron chi connectivity index (χ1n) is 15.2. The summed E-state index contributed by atoms with van der Waals surface area (Å²) < 4.78 is 60.3. The molecule has 3 heterocycles. The van der Waals surface area contributed by atoms with Gasteiger partial charge in [-0.2, -0.15) is 0 Å². The fourth-order valence-electron chi connectivity index (χ4n) is 4.44. The summed E-state index contributed by atoms with van der Waals surface area (Å²) in [5.41, 5.74) is 4.06. The number of nitrogens with one attached hydrogen (secondary N) is 2. The number of thioether (sulfide) groups is 1. The predicted octanol–water partition coefficient (Wildman–Crippen LogP) is -15.3. The van der Waals surface area contributed by atoms with E-state index in [0.29, 0.717) is 5.75 Å². The number of hydrogen-bond acceptors (Lipinski definition) is 22. The van der Waals surface area contributed by atoms with Crippen molar-refractivity contribution in [2.45, 2.75) is 57.8 Å². The van der Waals surface area contributed by atoms with Gasteiger partial charge in [-0.05, 0) is 13.0 Å². The number of nitrogens with zero attached hydrogens (tertiary/aromatic N) is 4. The third-order valence-electron chi connectivity index (χ3n) is 7.02. The molecule has 0 aliphatic carbocycles. The maximum absolute atomic E-state index is 12.5. The van der Waals surface area contributed by atoms with Crippen LogP contribution >= 0.6 is 35.2 Å². The van der Waals surface area contributed by atoms with Crippen LogP contribution in [0.4, 0.5) is 5.82 Å². The third-order valence-corrected chi connectivity index (χ3v) is 10.9. The molecule has 0 spiro atoms. The van der Waals surface area contributed by atoms with Crippen LogP contribution in [0, 0.1) is 5.41 Å². The Kier molecular flexibility index (Phi) is 28.4. The van der Waals surface area contributed by atoms with Crippen molar-refractivity contribution < 1.29 is 199 Å². The normalized spacial score (nSPS) is 20.8. The zero-order valence-electron chi connectivity index (χ0n) is 32.1. The fourth-order valence-corrected chi connectivity index (χ4v) is 7.82. The van der Waals surface area contributed by atoms with E-state index < -0.39 is 84.6 Å². The molecule has 1 aliphatic heterocycles. The summed E-state index contributed by atoms with van der Waals surface area (Å²) in [6, 6.07) is 0. The number of fused-ring (bicyclic) bond motifs is 1. The number of amides is 2. The summed E-state index contributed by atoms with van der Waals surface area (Å²) in [6.07, 6.45) is -4.63. The maximum atomic E-state index is 12.5. The smallest absolute Gasteiger partial charge is 0.790 e. The van der Waals surface area contributed by atoms with Crippen molar-refractivity contribution in [2.75, 3.05) is 37.8 Å². The number of hydrogen-bond donors (Lipinski definition) is 5. The first-order valence-corrected chi connectivity index (χ1v) is 20.5. The van der Waals surface area contributed by atoms with Crippen molar-refractivity contribution in [1.29, 1.82) is 0 Å². The van der Waals surface area contributed by atoms with Crippen LogP contribution in [0.1, 0.15) is 33.4 Å². The molecule has 0 aromatic carbocycles. The van der Waals surface area contributed by atoms with Gasteiger partial charge in [0.05, 0.1) is 27.4 Å². The van der Waals surface area contributed by atoms with Gasteiger partial charge in [0.2, 0.25) is 16.9 Å². The van der Waals surface area contributed by atoms with E-state index in [1.807, 2.05) is 0 Å². The summed E-state index contributed by atoms with van der Waals surface area (Å²) >= 11 is 0.996. The van der Waals surface area contributed by atoms with E-state index >= 15 is 0 Å². The van der Waals surface area contributed by atoms with E-state index in [4.69, 9.17) is 10.5 Å². The largest absolute Gasteiger partial charge is 1.00 e. The van der Waals surface area contributed by atoms with Gasteiger partial charge in [-0.15, -0.1) is 0 Å². The molecule has 6 N–H and O–H groups in total. The average molecular weight is 924 g/mol. The molecule has 0 bridgehead atoms. The topological polar surface area (TPSA) is 375 Å². The van der Waals surface area contributed by atoms with Crippen molar-refractivity contribution in [3.05, 3.63) is 24.8 Å². The van der Waals surface area contributed by atoms with Crippen molar-refractivity contribution in [3.63, 3.8) is 0 Å². The number of phosphoric acid groups is 3. The van der Waals surface area contributed by atoms with E-state index in [-0.39, 0.29) is 160 Å². The number of allylic oxidation sites excluding steroid dienone is 1. The Balaban J connectivity index is 0. The Morgan fingerprint density at radius 2 is 1.68 bits per heavy atom. The number of aliphatic hydroxyl groups excluding tert-OH is 2. The number of carbonyl (C=O) groups excluding carboxylic acids is 3. The monoisotopic (exact) mass is 923 g/mol. The first-order chi connectivity index (χ1) is 24.6. The maximum Gasteiger partial charge on any atom is 1.00 e. The summed E-state index contributed by atoms with van der Waals surface area (Å²) in [6.45, 7) is 1.76. The van der Waals surface area contributed by atoms with Crippen LogP contribution in [0.5, 0.6) is 0 Å². The Morgan fingerprint density at radius 3 is 2.30 bits per heavy atom. The molecule has 24 nitrogen and oxygen atoms in total. The zero-order valence-corrected chi connectivity index (χ0v) is 43.6. The number of nitrogens with two attached hydrogens (primary N) is 1. The van der Waals surface area contributed by atoms with Crippen molar-refractivity contribution in [2.24, 2.45) is 5.41 Å². The van der Waals surface area contributed by atoms with Crippen molar-refractivity contribution >= 4 is 69.1 Å². The minimum atomic E-state index is -5.91. The van der Waals surface area contributed by atoms with Crippen LogP contribution < -0.4 is 154 Å². The molecular weight excluding hydrogens is 887 g/mol. The number of phosphoric ester groups is 3. The predicted molar refractivity (Wildman–Crippen MR) is 173 cm³/mol. The van der Waals surface area contributed by atoms with E-state index in [2.05, 4.69) is 43.5 Å². The number of aromatic nitrogens is 4. The number of carbonyl (C=O) groups is 3. The summed E-state index contributed by atoms with van der Waals surface area (Å²) in [5, 5.41) is 25.9. The number of aliphatic hydroxyl groups is 2. The average Bonchev–Trinajstić information content (AvgIpc) is 3.61. The number of ether oxygens (including phenoxy) is 1. The molecule has 32 heteroatoms. The van der Waals surface area contributed by atoms with Gasteiger partial charge in [-0.1, -0.05) is 31.7 Å². The molecule has 1 fully saturated rings. The van der Waals surface area contributed by atoms with Crippen LogP contribution in [0.25, 0.3) is 11.2 Å². The Morgan fingerprint density at radius 1 is 1.05 bits per heavy atom. The number of rotatable bonds is 20. The Labute approximate surface area is 418 Å². The first kappa shape index (κ1) is 60.4. The molecule has 2 amide bonds. The van der Waals surface area contributed by atoms with Gasteiger partial charge in [0.1, 0.15) is 36.3 Å². The van der Waals surface area contributed by atoms with Gasteiger partial charge in [-0.3, -0.25) is 28.1 Å². The minimum Gasteiger partial charge on any atom is -0.790 e. The van der Waals surface area contributed by atoms with Gasteiger partial charge in [0.25, 0.3) is 15.6 Å². The molecule has 57 heavy (non-hydrogen) atoms. The Hall–Kier alpha value is 1.30. The molecule has 3 rings (SSSR count). The molecule has 7 atom stereocenters. The summed E-state index contributed by atoms with van der Waals surface area (Å²) in [7, 11) is -17.6. The quantitative estimate of drug-likeness (QED) is 0.0356. The molecule has 1 saturated heterocycles. The molecule has 2 aromatic rings. The van der Waals surface area contributed by atoms with Crippen LogP contribution in [-0.4, -0.2) is 103 Å². The van der Waals surface area contributed by atoms with Gasteiger partial charge >= 0.3 is 118 Å². The van der Waals surface area contributed by atoms with Crippen LogP contribution in [0.2, 0.25) is 0 Å². The molecule has 1 aliphatic rings. The summed E-state index contributed by atoms with van der Waals surface area (Å²) in [5.74, 6) is -1.24. The Bertz CT molecular complexity index is 1810. The van der Waals surface area contributed by atoms with Crippen LogP contribution in [0.3, 0.4) is 0 Å². The third kappa shape index (κ3) is 19.7. The molecule has 0 saturated carbocycles. The molecule has 2 aromatic heterocycles. The standard InChI is InChI=1S/C25H40N7O17P3S.4Na/c1-4-5-16(34)53-9-8-27-15(33)6-7-28-23(37)20(36)25(2,3)11-46-52(43,44)49-51(41,42)45-10-14-19(48-50(38,39)40)18(35)24(47-14)32-13-31-17-21(26)29-12-30-22(17)32;;;;/h4-5,12-14,18-20,24,35-36H,6-11H2,1-3H3,(H,27,33)(H,28,37)(H,41,42)(H,43,44)(H2,26,29,30)(H2,38,39,40);;;;/q;4*+1/p-4/b5-4+;;;;/t14-,18?,19+,20+,24-;;;;/m1..../s1. The second kappa shape index (κ2) is 26.8. The second-order valence-corrected chi connectivity index (χ2v) is 16.8. The minimum absolute atomic E-state index is 0. The van der Waals surface area contributed by atoms with E-state index in [1.165, 1.54) is 19.9 Å². The molecule has 298 valence electrons. The second-order valence-electron chi connectivity index (χ2n) is 11.7. The van der Waals surface area contributed by atoms with Gasteiger partial charge in [-0.25, -0.2) is 19.3 Å². The zero-order chi connectivity index (χ0) is 39.8.